The van der Waals surface area contributed by atoms with Crippen molar-refractivity contribution in [1.82, 2.24) is 10.6 Å². The Hall–Kier alpha value is -1.97. The summed E-state index contributed by atoms with van der Waals surface area (Å²) in [6.45, 7) is 3.73. The number of para-hydroxylation sites is 1. The first kappa shape index (κ1) is 14.9. The Morgan fingerprint density at radius 2 is 2.09 bits per heavy atom. The molecule has 4 nitrogen and oxygen atoms in total. The van der Waals surface area contributed by atoms with Crippen molar-refractivity contribution in [2.45, 2.75) is 45.1 Å². The average Bonchev–Trinajstić information content (AvgIpc) is 3.16. The topological polar surface area (TPSA) is 49.6 Å². The molecule has 22 heavy (non-hydrogen) atoms. The molecule has 0 radical (unpaired) electrons. The van der Waals surface area contributed by atoms with E-state index in [0.717, 1.165) is 42.2 Å². The fourth-order valence-corrected chi connectivity index (χ4v) is 3.02. The first-order valence-corrected chi connectivity index (χ1v) is 8.37. The van der Waals surface area contributed by atoms with Gasteiger partial charge < -0.3 is 15.1 Å². The lowest BCUT2D eigenvalue weighted by molar-refractivity contribution is 0.549. The molecule has 4 heteroatoms. The summed E-state index contributed by atoms with van der Waals surface area (Å²) in [5.74, 6) is 1.94. The van der Waals surface area contributed by atoms with Gasteiger partial charge in [-0.15, -0.1) is 0 Å². The Labute approximate surface area is 132 Å². The van der Waals surface area contributed by atoms with Crippen molar-refractivity contribution in [2.24, 2.45) is 4.99 Å². The van der Waals surface area contributed by atoms with Crippen molar-refractivity contribution >= 4 is 16.9 Å². The molecule has 0 saturated heterocycles. The minimum atomic E-state index is 0.587. The zero-order valence-corrected chi connectivity index (χ0v) is 13.3. The number of nitrogens with one attached hydrogen (secondary N) is 2. The Morgan fingerprint density at radius 3 is 2.86 bits per heavy atom. The van der Waals surface area contributed by atoms with E-state index in [1.54, 1.807) is 0 Å². The molecule has 0 bridgehead atoms. The van der Waals surface area contributed by atoms with Crippen molar-refractivity contribution < 1.29 is 4.42 Å². The van der Waals surface area contributed by atoms with Gasteiger partial charge in [-0.25, -0.2) is 0 Å². The van der Waals surface area contributed by atoms with E-state index in [9.17, 15) is 0 Å². The summed E-state index contributed by atoms with van der Waals surface area (Å²) < 4.78 is 5.83. The third kappa shape index (κ3) is 3.81. The number of fused-ring (bicyclic) bond motifs is 1. The van der Waals surface area contributed by atoms with Crippen molar-refractivity contribution in [3.63, 3.8) is 0 Å². The van der Waals surface area contributed by atoms with Crippen LogP contribution in [0, 0.1) is 0 Å². The molecule has 1 saturated carbocycles. The Balaban J connectivity index is 1.57. The molecule has 3 rings (SSSR count). The maximum Gasteiger partial charge on any atom is 0.191 e. The van der Waals surface area contributed by atoms with Crippen LogP contribution in [0.3, 0.4) is 0 Å². The molecule has 0 atom stereocenters. The molecule has 0 aliphatic heterocycles. The van der Waals surface area contributed by atoms with E-state index in [4.69, 9.17) is 4.42 Å². The van der Waals surface area contributed by atoms with Gasteiger partial charge in [0.15, 0.2) is 5.96 Å². The molecular weight excluding hydrogens is 274 g/mol. The fourth-order valence-electron chi connectivity index (χ4n) is 3.02. The normalized spacial score (nSPS) is 16.3. The maximum absolute atomic E-state index is 5.83. The van der Waals surface area contributed by atoms with Crippen LogP contribution in [-0.4, -0.2) is 25.1 Å². The molecule has 1 aliphatic carbocycles. The van der Waals surface area contributed by atoms with Crippen LogP contribution in [0.2, 0.25) is 0 Å². The quantitative estimate of drug-likeness (QED) is 0.656. The van der Waals surface area contributed by atoms with E-state index in [-0.39, 0.29) is 0 Å². The summed E-state index contributed by atoms with van der Waals surface area (Å²) in [6.07, 6.45) is 6.00. The van der Waals surface area contributed by atoms with Gasteiger partial charge in [0.1, 0.15) is 11.3 Å². The van der Waals surface area contributed by atoms with Crippen LogP contribution < -0.4 is 10.6 Å². The highest BCUT2D eigenvalue weighted by Crippen LogP contribution is 2.19. The first-order chi connectivity index (χ1) is 10.8. The van der Waals surface area contributed by atoms with Gasteiger partial charge in [0, 0.05) is 30.9 Å². The lowest BCUT2D eigenvalue weighted by Gasteiger charge is -2.16. The molecule has 1 aliphatic rings. The lowest BCUT2D eigenvalue weighted by Crippen LogP contribution is -2.42. The van der Waals surface area contributed by atoms with Gasteiger partial charge in [0.25, 0.3) is 0 Å². The van der Waals surface area contributed by atoms with Crippen LogP contribution in [0.25, 0.3) is 11.0 Å². The Morgan fingerprint density at radius 1 is 1.27 bits per heavy atom. The van der Waals surface area contributed by atoms with Crippen LogP contribution in [0.15, 0.2) is 39.7 Å². The number of guanidine groups is 1. The summed E-state index contributed by atoms with van der Waals surface area (Å²) >= 11 is 0. The fraction of sp³-hybridized carbons (Fsp3) is 0.500. The standard InChI is InChI=1S/C18H25N3O/c1-2-19-18(21-15-8-4-5-9-15)20-12-11-16-13-14-7-3-6-10-17(14)22-16/h3,6-7,10,13,15H,2,4-5,8-9,11-12H2,1H3,(H2,19,20,21). The third-order valence-corrected chi connectivity index (χ3v) is 4.14. The summed E-state index contributed by atoms with van der Waals surface area (Å²) in [6, 6.07) is 10.8. The maximum atomic E-state index is 5.83. The summed E-state index contributed by atoms with van der Waals surface area (Å²) in [4.78, 5) is 4.68. The predicted octanol–water partition coefficient (Wildman–Crippen LogP) is 3.47. The predicted molar refractivity (Wildman–Crippen MR) is 91.3 cm³/mol. The monoisotopic (exact) mass is 299 g/mol. The van der Waals surface area contributed by atoms with Crippen molar-refractivity contribution in [3.8, 4) is 0 Å². The zero-order chi connectivity index (χ0) is 15.2. The van der Waals surface area contributed by atoms with Gasteiger partial charge >= 0.3 is 0 Å². The average molecular weight is 299 g/mol. The second-order valence-electron chi connectivity index (χ2n) is 5.89. The highest BCUT2D eigenvalue weighted by molar-refractivity contribution is 5.80. The van der Waals surface area contributed by atoms with E-state index in [2.05, 4.69) is 34.7 Å². The Bertz CT molecular complexity index is 593. The number of rotatable bonds is 5. The zero-order valence-electron chi connectivity index (χ0n) is 13.3. The van der Waals surface area contributed by atoms with Gasteiger partial charge in [-0.2, -0.15) is 0 Å². The molecule has 2 aromatic rings. The number of aliphatic imine (C=N–C) groups is 1. The number of nitrogens with zero attached hydrogens (tertiary/aromatic N) is 1. The highest BCUT2D eigenvalue weighted by atomic mass is 16.3. The van der Waals surface area contributed by atoms with Crippen molar-refractivity contribution in [3.05, 3.63) is 36.1 Å². The number of benzene rings is 1. The molecule has 2 N–H and O–H groups in total. The van der Waals surface area contributed by atoms with E-state index >= 15 is 0 Å². The van der Waals surface area contributed by atoms with Crippen LogP contribution in [-0.2, 0) is 6.42 Å². The van der Waals surface area contributed by atoms with Crippen molar-refractivity contribution in [2.75, 3.05) is 13.1 Å². The number of furan rings is 1. The number of hydrogen-bond donors (Lipinski definition) is 2. The van der Waals surface area contributed by atoms with Gasteiger partial charge in [0.2, 0.25) is 0 Å². The first-order valence-electron chi connectivity index (χ1n) is 8.37. The second kappa shape index (κ2) is 7.34. The van der Waals surface area contributed by atoms with E-state index < -0.39 is 0 Å². The van der Waals surface area contributed by atoms with E-state index in [0.29, 0.717) is 6.04 Å². The molecule has 0 unspecified atom stereocenters. The van der Waals surface area contributed by atoms with Crippen LogP contribution in [0.4, 0.5) is 0 Å². The van der Waals surface area contributed by atoms with Crippen LogP contribution in [0.5, 0.6) is 0 Å². The van der Waals surface area contributed by atoms with Crippen LogP contribution >= 0.6 is 0 Å². The van der Waals surface area contributed by atoms with Gasteiger partial charge in [-0.3, -0.25) is 4.99 Å². The number of hydrogen-bond acceptors (Lipinski definition) is 2. The lowest BCUT2D eigenvalue weighted by atomic mass is 10.2. The summed E-state index contributed by atoms with van der Waals surface area (Å²) in [5.41, 5.74) is 0.956. The molecule has 0 amide bonds. The molecule has 118 valence electrons. The highest BCUT2D eigenvalue weighted by Gasteiger charge is 2.15. The van der Waals surface area contributed by atoms with Crippen LogP contribution in [0.1, 0.15) is 38.4 Å². The van der Waals surface area contributed by atoms with Gasteiger partial charge in [-0.1, -0.05) is 31.0 Å². The minimum Gasteiger partial charge on any atom is -0.461 e. The SMILES string of the molecule is CCNC(=NCCc1cc2ccccc2o1)NC1CCCC1. The smallest absolute Gasteiger partial charge is 0.191 e. The molecule has 1 fully saturated rings. The van der Waals surface area contributed by atoms with Gasteiger partial charge in [0.05, 0.1) is 0 Å². The minimum absolute atomic E-state index is 0.587. The Kier molecular flexibility index (Phi) is 4.99. The van der Waals surface area contributed by atoms with Crippen molar-refractivity contribution in [1.29, 1.82) is 0 Å². The summed E-state index contributed by atoms with van der Waals surface area (Å²) in [5, 5.41) is 8.03. The molecule has 1 aromatic heterocycles. The van der Waals surface area contributed by atoms with E-state index in [1.807, 2.05) is 18.2 Å². The molecule has 1 aromatic carbocycles. The second-order valence-corrected chi connectivity index (χ2v) is 5.89. The molecule has 0 spiro atoms. The third-order valence-electron chi connectivity index (χ3n) is 4.14. The largest absolute Gasteiger partial charge is 0.461 e. The molecule has 1 heterocycles. The molecular formula is C18H25N3O. The van der Waals surface area contributed by atoms with E-state index in [1.165, 1.54) is 25.7 Å². The van der Waals surface area contributed by atoms with Gasteiger partial charge in [-0.05, 0) is 31.9 Å². The summed E-state index contributed by atoms with van der Waals surface area (Å²) in [7, 11) is 0.